The summed E-state index contributed by atoms with van der Waals surface area (Å²) in [4.78, 5) is 26.2. The Bertz CT molecular complexity index is 862. The van der Waals surface area contributed by atoms with E-state index in [0.717, 1.165) is 12.1 Å². The van der Waals surface area contributed by atoms with E-state index in [-0.39, 0.29) is 18.2 Å². The van der Waals surface area contributed by atoms with Gasteiger partial charge in [0.2, 0.25) is 5.91 Å². The minimum absolute atomic E-state index is 0.000288. The zero-order valence-electron chi connectivity index (χ0n) is 15.9. The van der Waals surface area contributed by atoms with Crippen molar-refractivity contribution in [3.8, 4) is 5.75 Å². The summed E-state index contributed by atoms with van der Waals surface area (Å²) in [6.07, 6.45) is 1.78. The quantitative estimate of drug-likeness (QED) is 0.707. The van der Waals surface area contributed by atoms with Crippen molar-refractivity contribution in [2.24, 2.45) is 0 Å². The van der Waals surface area contributed by atoms with Crippen molar-refractivity contribution in [2.75, 3.05) is 18.4 Å². The molecule has 146 valence electrons. The summed E-state index contributed by atoms with van der Waals surface area (Å²) in [6.45, 7) is 3.90. The number of para-hydroxylation sites is 2. The molecule has 4 rings (SSSR count). The second-order valence-corrected chi connectivity index (χ2v) is 7.48. The van der Waals surface area contributed by atoms with Gasteiger partial charge in [0.1, 0.15) is 12.3 Å². The number of benzene rings is 2. The van der Waals surface area contributed by atoms with E-state index in [0.29, 0.717) is 18.0 Å². The lowest BCUT2D eigenvalue weighted by Crippen LogP contribution is -3.08. The maximum absolute atomic E-state index is 12.4. The molecule has 0 aliphatic carbocycles. The van der Waals surface area contributed by atoms with Crippen LogP contribution in [-0.2, 0) is 22.7 Å². The van der Waals surface area contributed by atoms with Gasteiger partial charge in [-0.15, -0.1) is 0 Å². The summed E-state index contributed by atoms with van der Waals surface area (Å²) in [6, 6.07) is 15.5. The minimum Gasteiger partial charge on any atom is -0.478 e. The van der Waals surface area contributed by atoms with E-state index in [1.807, 2.05) is 24.3 Å². The molecular formula is C22H26N3O3+. The van der Waals surface area contributed by atoms with Crippen LogP contribution in [0.2, 0.25) is 0 Å². The molecule has 1 saturated heterocycles. The molecule has 0 bridgehead atoms. The minimum atomic E-state index is -0.806. The van der Waals surface area contributed by atoms with Gasteiger partial charge in [-0.25, -0.2) is 0 Å². The Morgan fingerprint density at radius 3 is 2.61 bits per heavy atom. The SMILES string of the molecule is O=C(C[C@@H]1Oc2ccccc2NC1=O)NCc1ccccc1C[NH+]1CCCC1. The number of hydrogen-bond acceptors (Lipinski definition) is 3. The summed E-state index contributed by atoms with van der Waals surface area (Å²) in [5.74, 6) is 0.119. The molecule has 6 nitrogen and oxygen atoms in total. The third-order valence-corrected chi connectivity index (χ3v) is 5.42. The van der Waals surface area contributed by atoms with Crippen molar-refractivity contribution in [3.05, 3.63) is 59.7 Å². The van der Waals surface area contributed by atoms with Crippen LogP contribution in [-0.4, -0.2) is 31.0 Å². The lowest BCUT2D eigenvalue weighted by molar-refractivity contribution is -0.901. The van der Waals surface area contributed by atoms with Crippen LogP contribution < -0.4 is 20.3 Å². The van der Waals surface area contributed by atoms with Crippen LogP contribution in [0, 0.1) is 0 Å². The molecule has 3 N–H and O–H groups in total. The van der Waals surface area contributed by atoms with Crippen LogP contribution in [0.15, 0.2) is 48.5 Å². The topological polar surface area (TPSA) is 71.9 Å². The molecule has 2 amide bonds. The molecule has 0 unspecified atom stereocenters. The molecule has 0 spiro atoms. The fraction of sp³-hybridized carbons (Fsp3) is 0.364. The Kier molecular flexibility index (Phi) is 5.58. The smallest absolute Gasteiger partial charge is 0.266 e. The number of carbonyl (C=O) groups is 2. The number of carbonyl (C=O) groups excluding carboxylic acids is 2. The number of quaternary nitrogens is 1. The normalized spacial score (nSPS) is 18.9. The van der Waals surface area contributed by atoms with Crippen molar-refractivity contribution >= 4 is 17.5 Å². The number of amides is 2. The Morgan fingerprint density at radius 2 is 1.79 bits per heavy atom. The van der Waals surface area contributed by atoms with Gasteiger partial charge in [0.25, 0.3) is 5.91 Å². The van der Waals surface area contributed by atoms with Crippen LogP contribution in [0.4, 0.5) is 5.69 Å². The Morgan fingerprint density at radius 1 is 1.07 bits per heavy atom. The molecule has 1 atom stereocenters. The molecule has 6 heteroatoms. The average Bonchev–Trinajstić information content (AvgIpc) is 3.21. The number of ether oxygens (including phenoxy) is 1. The fourth-order valence-electron chi connectivity index (χ4n) is 3.88. The molecule has 2 heterocycles. The number of anilines is 1. The first-order valence-corrected chi connectivity index (χ1v) is 9.92. The van der Waals surface area contributed by atoms with Gasteiger partial charge in [0.05, 0.1) is 25.2 Å². The van der Waals surface area contributed by atoms with E-state index in [1.54, 1.807) is 17.0 Å². The van der Waals surface area contributed by atoms with Crippen LogP contribution in [0.3, 0.4) is 0 Å². The first kappa shape index (κ1) is 18.5. The van der Waals surface area contributed by atoms with Gasteiger partial charge >= 0.3 is 0 Å². The van der Waals surface area contributed by atoms with E-state index in [9.17, 15) is 9.59 Å². The Hall–Kier alpha value is -2.86. The Labute approximate surface area is 164 Å². The second kappa shape index (κ2) is 8.44. The molecule has 0 radical (unpaired) electrons. The number of rotatable bonds is 6. The van der Waals surface area contributed by atoms with Gasteiger partial charge in [-0.1, -0.05) is 36.4 Å². The number of likely N-dealkylation sites (tertiary alicyclic amines) is 1. The predicted octanol–water partition coefficient (Wildman–Crippen LogP) is 1.27. The summed E-state index contributed by atoms with van der Waals surface area (Å²) in [7, 11) is 0. The zero-order valence-corrected chi connectivity index (χ0v) is 15.9. The van der Waals surface area contributed by atoms with Gasteiger partial charge in [-0.3, -0.25) is 9.59 Å². The third kappa shape index (κ3) is 4.34. The summed E-state index contributed by atoms with van der Waals surface area (Å²) >= 11 is 0. The van der Waals surface area contributed by atoms with E-state index < -0.39 is 6.10 Å². The van der Waals surface area contributed by atoms with Crippen molar-refractivity contribution in [1.82, 2.24) is 5.32 Å². The molecule has 28 heavy (non-hydrogen) atoms. The number of hydrogen-bond donors (Lipinski definition) is 3. The summed E-state index contributed by atoms with van der Waals surface area (Å²) in [5.41, 5.74) is 3.05. The highest BCUT2D eigenvalue weighted by atomic mass is 16.5. The van der Waals surface area contributed by atoms with Crippen LogP contribution in [0.5, 0.6) is 5.75 Å². The summed E-state index contributed by atoms with van der Waals surface area (Å²) in [5, 5.41) is 5.74. The van der Waals surface area contributed by atoms with Gasteiger partial charge in [0.15, 0.2) is 6.10 Å². The third-order valence-electron chi connectivity index (χ3n) is 5.42. The standard InChI is InChI=1S/C22H25N3O3/c26-21(13-20-22(27)24-18-9-3-4-10-19(18)28-20)23-14-16-7-1-2-8-17(16)15-25-11-5-6-12-25/h1-4,7-10,20H,5-6,11-15H2,(H,23,26)(H,24,27)/p+1/t20-/m0/s1. The van der Waals surface area contributed by atoms with Crippen molar-refractivity contribution < 1.29 is 19.2 Å². The van der Waals surface area contributed by atoms with Crippen LogP contribution in [0.1, 0.15) is 30.4 Å². The predicted molar refractivity (Wildman–Crippen MR) is 106 cm³/mol. The molecule has 2 aromatic rings. The monoisotopic (exact) mass is 380 g/mol. The lowest BCUT2D eigenvalue weighted by Gasteiger charge is -2.25. The molecule has 0 saturated carbocycles. The highest BCUT2D eigenvalue weighted by molar-refractivity contribution is 5.99. The van der Waals surface area contributed by atoms with Gasteiger partial charge in [-0.05, 0) is 17.7 Å². The van der Waals surface area contributed by atoms with E-state index >= 15 is 0 Å². The van der Waals surface area contributed by atoms with Crippen molar-refractivity contribution in [2.45, 2.75) is 38.5 Å². The maximum Gasteiger partial charge on any atom is 0.266 e. The van der Waals surface area contributed by atoms with E-state index in [2.05, 4.69) is 22.8 Å². The highest BCUT2D eigenvalue weighted by Gasteiger charge is 2.29. The fourth-order valence-corrected chi connectivity index (χ4v) is 3.88. The largest absolute Gasteiger partial charge is 0.478 e. The molecule has 0 aromatic heterocycles. The Balaban J connectivity index is 1.33. The van der Waals surface area contributed by atoms with Crippen LogP contribution >= 0.6 is 0 Å². The molecule has 2 aliphatic heterocycles. The maximum atomic E-state index is 12.4. The van der Waals surface area contributed by atoms with Gasteiger partial charge in [-0.2, -0.15) is 0 Å². The second-order valence-electron chi connectivity index (χ2n) is 7.48. The van der Waals surface area contributed by atoms with Crippen molar-refractivity contribution in [3.63, 3.8) is 0 Å². The average molecular weight is 380 g/mol. The van der Waals surface area contributed by atoms with E-state index in [1.165, 1.54) is 31.5 Å². The van der Waals surface area contributed by atoms with E-state index in [4.69, 9.17) is 4.74 Å². The number of nitrogens with one attached hydrogen (secondary N) is 3. The summed E-state index contributed by atoms with van der Waals surface area (Å²) < 4.78 is 5.70. The van der Waals surface area contributed by atoms with Crippen LogP contribution in [0.25, 0.3) is 0 Å². The molecule has 2 aromatic carbocycles. The first-order valence-electron chi connectivity index (χ1n) is 9.92. The van der Waals surface area contributed by atoms with Crippen molar-refractivity contribution in [1.29, 1.82) is 0 Å². The molecular weight excluding hydrogens is 354 g/mol. The van der Waals surface area contributed by atoms with Gasteiger partial charge < -0.3 is 20.3 Å². The number of fused-ring (bicyclic) bond motifs is 1. The zero-order chi connectivity index (χ0) is 19.3. The first-order chi connectivity index (χ1) is 13.7. The highest BCUT2D eigenvalue weighted by Crippen LogP contribution is 2.29. The molecule has 1 fully saturated rings. The van der Waals surface area contributed by atoms with Gasteiger partial charge in [0, 0.05) is 24.9 Å². The molecule has 2 aliphatic rings. The lowest BCUT2D eigenvalue weighted by atomic mass is 10.1.